The number of hydrogen-bond donors (Lipinski definition) is 2. The number of carbonyl (C=O) groups is 1. The molecule has 0 saturated heterocycles. The molecule has 20 heavy (non-hydrogen) atoms. The number of nitrogens with zero attached hydrogens (tertiary/aromatic N) is 1. The molecule has 0 unspecified atom stereocenters. The summed E-state index contributed by atoms with van der Waals surface area (Å²) in [7, 11) is -4.86. The normalized spacial score (nSPS) is 12.2. The van der Waals surface area contributed by atoms with E-state index < -0.39 is 26.1 Å². The predicted molar refractivity (Wildman–Crippen MR) is 73.7 cm³/mol. The number of carbonyl (C=O) groups excluding carboxylic acids is 1. The third-order valence-electron chi connectivity index (χ3n) is 2.17. The molecule has 1 aromatic carbocycles. The molecule has 1 amide bonds. The maximum absolute atomic E-state index is 11.7. The van der Waals surface area contributed by atoms with Crippen molar-refractivity contribution in [2.24, 2.45) is 0 Å². The van der Waals surface area contributed by atoms with Gasteiger partial charge in [0.1, 0.15) is 0 Å². The Bertz CT molecular complexity index is 693. The van der Waals surface area contributed by atoms with E-state index in [1.165, 1.54) is 38.4 Å². The topological polar surface area (TPSA) is 113 Å². The molecule has 0 atom stereocenters. The lowest BCUT2D eigenvalue weighted by atomic mass is 10.3. The van der Waals surface area contributed by atoms with E-state index in [4.69, 9.17) is 0 Å². The third-order valence-corrected chi connectivity index (χ3v) is 5.07. The van der Waals surface area contributed by atoms with Gasteiger partial charge in [-0.1, -0.05) is 0 Å². The fraction of sp³-hybridized carbons (Fsp3) is 0.300. The summed E-state index contributed by atoms with van der Waals surface area (Å²) in [5, 5.41) is 0. The van der Waals surface area contributed by atoms with Crippen LogP contribution in [0.4, 0.5) is 5.69 Å². The average Bonchev–Trinajstić information content (AvgIpc) is 2.27. The average molecular weight is 321 g/mol. The van der Waals surface area contributed by atoms with Gasteiger partial charge in [-0.25, -0.2) is 13.1 Å². The molecule has 1 rings (SSSR count). The van der Waals surface area contributed by atoms with Crippen LogP contribution in [0.3, 0.4) is 0 Å². The zero-order valence-corrected chi connectivity index (χ0v) is 12.7. The standard InChI is InChI=1S/C10H15N3O5S2/c1-8(14)11-19(15,16)10-6-4-9(5-7-10)12-20(17,18)13(2)3/h4-7,12H,1-3H3,(H,11,14). The molecular formula is C10H15N3O5S2. The maximum atomic E-state index is 11.7. The maximum Gasteiger partial charge on any atom is 0.301 e. The van der Waals surface area contributed by atoms with Gasteiger partial charge in [0.05, 0.1) is 4.90 Å². The van der Waals surface area contributed by atoms with Gasteiger partial charge in [0.15, 0.2) is 0 Å². The van der Waals surface area contributed by atoms with Crippen LogP contribution in [0.1, 0.15) is 6.92 Å². The highest BCUT2D eigenvalue weighted by molar-refractivity contribution is 7.90. The van der Waals surface area contributed by atoms with Crippen molar-refractivity contribution in [3.05, 3.63) is 24.3 Å². The Balaban J connectivity index is 2.99. The number of anilines is 1. The molecule has 1 aromatic rings. The van der Waals surface area contributed by atoms with Crippen molar-refractivity contribution in [3.8, 4) is 0 Å². The number of sulfonamides is 1. The minimum Gasteiger partial charge on any atom is -0.274 e. The van der Waals surface area contributed by atoms with Gasteiger partial charge in [0.25, 0.3) is 10.0 Å². The molecule has 0 fully saturated rings. The first kappa shape index (κ1) is 16.4. The van der Waals surface area contributed by atoms with Crippen LogP contribution < -0.4 is 9.44 Å². The molecule has 0 aliphatic rings. The minimum atomic E-state index is -3.92. The van der Waals surface area contributed by atoms with Crippen LogP contribution in [0.15, 0.2) is 29.2 Å². The molecule has 8 nitrogen and oxygen atoms in total. The molecule has 0 heterocycles. The monoisotopic (exact) mass is 321 g/mol. The van der Waals surface area contributed by atoms with E-state index in [-0.39, 0.29) is 10.6 Å². The fourth-order valence-electron chi connectivity index (χ4n) is 1.19. The van der Waals surface area contributed by atoms with E-state index >= 15 is 0 Å². The summed E-state index contributed by atoms with van der Waals surface area (Å²) in [5.41, 5.74) is 0.209. The Morgan fingerprint density at radius 3 is 1.95 bits per heavy atom. The number of nitrogens with one attached hydrogen (secondary N) is 2. The van der Waals surface area contributed by atoms with E-state index in [2.05, 4.69) is 4.72 Å². The number of amides is 1. The molecule has 0 bridgehead atoms. The molecule has 0 saturated carbocycles. The summed E-state index contributed by atoms with van der Waals surface area (Å²) in [4.78, 5) is 10.6. The predicted octanol–water partition coefficient (Wildman–Crippen LogP) is -0.270. The van der Waals surface area contributed by atoms with E-state index in [9.17, 15) is 21.6 Å². The van der Waals surface area contributed by atoms with E-state index in [0.717, 1.165) is 11.2 Å². The minimum absolute atomic E-state index is 0.138. The summed E-state index contributed by atoms with van der Waals surface area (Å²) in [5.74, 6) is -0.706. The highest BCUT2D eigenvalue weighted by Gasteiger charge is 2.16. The van der Waals surface area contributed by atoms with Crippen LogP contribution in [-0.2, 0) is 25.0 Å². The highest BCUT2D eigenvalue weighted by Crippen LogP contribution is 2.15. The second-order valence-electron chi connectivity index (χ2n) is 4.08. The lowest BCUT2D eigenvalue weighted by molar-refractivity contribution is -0.117. The largest absolute Gasteiger partial charge is 0.301 e. The van der Waals surface area contributed by atoms with Gasteiger partial charge in [-0.2, -0.15) is 12.7 Å². The van der Waals surface area contributed by atoms with Gasteiger partial charge >= 0.3 is 10.2 Å². The Kier molecular flexibility index (Phi) is 4.73. The second-order valence-corrected chi connectivity index (χ2v) is 7.64. The van der Waals surface area contributed by atoms with Crippen molar-refractivity contribution in [2.75, 3.05) is 18.8 Å². The summed E-state index contributed by atoms with van der Waals surface area (Å²) in [6.07, 6.45) is 0. The van der Waals surface area contributed by atoms with E-state index in [1.54, 1.807) is 0 Å². The van der Waals surface area contributed by atoms with Crippen molar-refractivity contribution >= 4 is 31.8 Å². The third kappa shape index (κ3) is 4.18. The first-order chi connectivity index (χ1) is 9.04. The molecule has 0 spiro atoms. The Hall–Kier alpha value is -1.65. The van der Waals surface area contributed by atoms with Crippen molar-refractivity contribution in [2.45, 2.75) is 11.8 Å². The lowest BCUT2D eigenvalue weighted by Crippen LogP contribution is -2.29. The smallest absolute Gasteiger partial charge is 0.274 e. The van der Waals surface area contributed by atoms with Crippen molar-refractivity contribution in [1.82, 2.24) is 9.03 Å². The number of rotatable bonds is 5. The first-order valence-corrected chi connectivity index (χ1v) is 8.30. The molecule has 10 heteroatoms. The summed E-state index contributed by atoms with van der Waals surface area (Å²) in [6.45, 7) is 1.08. The van der Waals surface area contributed by atoms with Gasteiger partial charge in [-0.3, -0.25) is 9.52 Å². The van der Waals surface area contributed by atoms with Gasteiger partial charge in [-0.15, -0.1) is 0 Å². The zero-order valence-electron chi connectivity index (χ0n) is 11.1. The Labute approximate surface area is 118 Å². The van der Waals surface area contributed by atoms with E-state index in [0.29, 0.717) is 0 Å². The molecule has 112 valence electrons. The Morgan fingerprint density at radius 2 is 1.55 bits per heavy atom. The van der Waals surface area contributed by atoms with Crippen LogP contribution in [0.2, 0.25) is 0 Å². The molecule has 0 aliphatic carbocycles. The van der Waals surface area contributed by atoms with E-state index in [1.807, 2.05) is 4.72 Å². The molecule has 0 aliphatic heterocycles. The number of benzene rings is 1. The van der Waals surface area contributed by atoms with Gasteiger partial charge < -0.3 is 0 Å². The highest BCUT2D eigenvalue weighted by atomic mass is 32.2. The van der Waals surface area contributed by atoms with Crippen LogP contribution in [-0.4, -0.2) is 41.1 Å². The second kappa shape index (κ2) is 5.77. The molecule has 0 radical (unpaired) electrons. The Morgan fingerprint density at radius 1 is 1.05 bits per heavy atom. The van der Waals surface area contributed by atoms with Crippen LogP contribution in [0.25, 0.3) is 0 Å². The molecule has 2 N–H and O–H groups in total. The summed E-state index contributed by atoms with van der Waals surface area (Å²) < 4.78 is 51.5. The van der Waals surface area contributed by atoms with Crippen molar-refractivity contribution in [1.29, 1.82) is 0 Å². The van der Waals surface area contributed by atoms with Gasteiger partial charge in [0.2, 0.25) is 5.91 Å². The fourth-order valence-corrected chi connectivity index (χ4v) is 2.80. The van der Waals surface area contributed by atoms with Crippen LogP contribution >= 0.6 is 0 Å². The summed E-state index contributed by atoms with van der Waals surface area (Å²) in [6, 6.07) is 4.96. The van der Waals surface area contributed by atoms with Gasteiger partial charge in [-0.05, 0) is 24.3 Å². The van der Waals surface area contributed by atoms with Crippen molar-refractivity contribution < 1.29 is 21.6 Å². The molecule has 0 aromatic heterocycles. The first-order valence-electron chi connectivity index (χ1n) is 5.38. The summed E-state index contributed by atoms with van der Waals surface area (Å²) >= 11 is 0. The lowest BCUT2D eigenvalue weighted by Gasteiger charge is -2.13. The SMILES string of the molecule is CC(=O)NS(=O)(=O)c1ccc(NS(=O)(=O)N(C)C)cc1. The van der Waals surface area contributed by atoms with Crippen molar-refractivity contribution in [3.63, 3.8) is 0 Å². The van der Waals surface area contributed by atoms with Gasteiger partial charge in [0, 0.05) is 26.7 Å². The number of hydrogen-bond acceptors (Lipinski definition) is 5. The zero-order chi connectivity index (χ0) is 15.6. The quantitative estimate of drug-likeness (QED) is 0.775. The van der Waals surface area contributed by atoms with Crippen LogP contribution in [0, 0.1) is 0 Å². The molecular weight excluding hydrogens is 306 g/mol. The van der Waals surface area contributed by atoms with Crippen LogP contribution in [0.5, 0.6) is 0 Å².